The summed E-state index contributed by atoms with van der Waals surface area (Å²) in [6.45, 7) is 1.36. The molecule has 0 amide bonds. The van der Waals surface area contributed by atoms with Crippen LogP contribution < -0.4 is 4.74 Å². The molecule has 5 heteroatoms. The summed E-state index contributed by atoms with van der Waals surface area (Å²) in [5.74, 6) is 0.590. The third-order valence-corrected chi connectivity index (χ3v) is 4.37. The lowest BCUT2D eigenvalue weighted by molar-refractivity contribution is 0.413. The number of halogens is 1. The summed E-state index contributed by atoms with van der Waals surface area (Å²) >= 11 is 0. The SMILES string of the molecule is COc1ccc(Cn2cc(CCN(C)C)c3c(O)ccc(F)c32)cc1. The standard InChI is InChI=1S/C20H23FN2O2/c1-22(2)11-10-15-13-23(12-14-4-6-16(25-3)7-5-14)20-17(21)8-9-18(24)19(15)20/h4-9,13,24H,10-12H2,1-3H3. The summed E-state index contributed by atoms with van der Waals surface area (Å²) in [4.78, 5) is 2.07. The van der Waals surface area contributed by atoms with Crippen molar-refractivity contribution in [3.63, 3.8) is 0 Å². The van der Waals surface area contributed by atoms with E-state index in [2.05, 4.69) is 4.90 Å². The van der Waals surface area contributed by atoms with Crippen molar-refractivity contribution in [3.8, 4) is 11.5 Å². The van der Waals surface area contributed by atoms with E-state index in [-0.39, 0.29) is 11.6 Å². The van der Waals surface area contributed by atoms with Gasteiger partial charge in [0.25, 0.3) is 0 Å². The van der Waals surface area contributed by atoms with Gasteiger partial charge >= 0.3 is 0 Å². The summed E-state index contributed by atoms with van der Waals surface area (Å²) in [5, 5.41) is 10.9. The van der Waals surface area contributed by atoms with Gasteiger partial charge < -0.3 is 19.3 Å². The van der Waals surface area contributed by atoms with E-state index in [1.165, 1.54) is 12.1 Å². The molecule has 0 aliphatic heterocycles. The fraction of sp³-hybridized carbons (Fsp3) is 0.300. The molecule has 0 fully saturated rings. The molecule has 0 saturated carbocycles. The van der Waals surface area contributed by atoms with Crippen molar-refractivity contribution < 1.29 is 14.2 Å². The minimum Gasteiger partial charge on any atom is -0.507 e. The van der Waals surface area contributed by atoms with Crippen molar-refractivity contribution in [1.82, 2.24) is 9.47 Å². The van der Waals surface area contributed by atoms with Crippen LogP contribution in [0.4, 0.5) is 4.39 Å². The fourth-order valence-corrected chi connectivity index (χ4v) is 3.06. The van der Waals surface area contributed by atoms with E-state index < -0.39 is 0 Å². The van der Waals surface area contributed by atoms with Gasteiger partial charge in [-0.15, -0.1) is 0 Å². The first kappa shape index (κ1) is 17.3. The number of aromatic nitrogens is 1. The molecule has 0 spiro atoms. The van der Waals surface area contributed by atoms with Crippen LogP contribution in [-0.4, -0.2) is 42.3 Å². The van der Waals surface area contributed by atoms with Gasteiger partial charge in [-0.1, -0.05) is 12.1 Å². The predicted molar refractivity (Wildman–Crippen MR) is 97.9 cm³/mol. The van der Waals surface area contributed by atoms with E-state index in [1.54, 1.807) is 7.11 Å². The highest BCUT2D eigenvalue weighted by Crippen LogP contribution is 2.33. The first-order valence-electron chi connectivity index (χ1n) is 8.26. The van der Waals surface area contributed by atoms with Crippen molar-refractivity contribution in [3.05, 3.63) is 59.5 Å². The van der Waals surface area contributed by atoms with Gasteiger partial charge in [0, 0.05) is 24.7 Å². The zero-order chi connectivity index (χ0) is 18.0. The number of ether oxygens (including phenoxy) is 1. The lowest BCUT2D eigenvalue weighted by Crippen LogP contribution is -2.14. The van der Waals surface area contributed by atoms with Crippen molar-refractivity contribution >= 4 is 10.9 Å². The summed E-state index contributed by atoms with van der Waals surface area (Å²) in [6, 6.07) is 10.5. The van der Waals surface area contributed by atoms with Crippen molar-refractivity contribution in [2.75, 3.05) is 27.7 Å². The number of likely N-dealkylation sites (N-methyl/N-ethyl adjacent to an activating group) is 1. The normalized spacial score (nSPS) is 11.4. The Morgan fingerprint density at radius 1 is 1.12 bits per heavy atom. The number of hydrogen-bond donors (Lipinski definition) is 1. The maximum atomic E-state index is 14.5. The van der Waals surface area contributed by atoms with E-state index in [9.17, 15) is 9.50 Å². The number of aromatic hydroxyl groups is 1. The summed E-state index contributed by atoms with van der Waals surface area (Å²) in [6.07, 6.45) is 2.69. The smallest absolute Gasteiger partial charge is 0.147 e. The third-order valence-electron chi connectivity index (χ3n) is 4.37. The molecule has 25 heavy (non-hydrogen) atoms. The van der Waals surface area contributed by atoms with Crippen molar-refractivity contribution in [1.29, 1.82) is 0 Å². The number of phenolic OH excluding ortho intramolecular Hbond substituents is 1. The maximum absolute atomic E-state index is 14.5. The number of nitrogens with zero attached hydrogens (tertiary/aromatic N) is 2. The Hall–Kier alpha value is -2.53. The van der Waals surface area contributed by atoms with Crippen LogP contribution in [0.15, 0.2) is 42.6 Å². The van der Waals surface area contributed by atoms with Gasteiger partial charge in [-0.3, -0.25) is 0 Å². The molecule has 4 nitrogen and oxygen atoms in total. The van der Waals surface area contributed by atoms with Crippen LogP contribution in [0.3, 0.4) is 0 Å². The molecular formula is C20H23FN2O2. The Balaban J connectivity index is 2.02. The van der Waals surface area contributed by atoms with Gasteiger partial charge in [0.15, 0.2) is 0 Å². The molecule has 0 radical (unpaired) electrons. The third kappa shape index (κ3) is 3.61. The highest BCUT2D eigenvalue weighted by molar-refractivity contribution is 5.90. The minimum atomic E-state index is -0.322. The molecule has 0 aliphatic carbocycles. The van der Waals surface area contributed by atoms with Crippen LogP contribution in [0.25, 0.3) is 10.9 Å². The van der Waals surface area contributed by atoms with Crippen LogP contribution in [0.5, 0.6) is 11.5 Å². The molecule has 1 N–H and O–H groups in total. The molecule has 3 rings (SSSR count). The number of fused-ring (bicyclic) bond motifs is 1. The Bertz CT molecular complexity index is 870. The largest absolute Gasteiger partial charge is 0.507 e. The Labute approximate surface area is 147 Å². The van der Waals surface area contributed by atoms with Gasteiger partial charge in [0.1, 0.15) is 17.3 Å². The Morgan fingerprint density at radius 3 is 2.48 bits per heavy atom. The number of benzene rings is 2. The highest BCUT2D eigenvalue weighted by Gasteiger charge is 2.16. The van der Waals surface area contributed by atoms with Gasteiger partial charge in [0.05, 0.1) is 12.6 Å². The monoisotopic (exact) mass is 342 g/mol. The van der Waals surface area contributed by atoms with Gasteiger partial charge in [-0.05, 0) is 55.9 Å². The van der Waals surface area contributed by atoms with E-state index in [0.29, 0.717) is 17.4 Å². The van der Waals surface area contributed by atoms with Gasteiger partial charge in [0.2, 0.25) is 0 Å². The lowest BCUT2D eigenvalue weighted by atomic mass is 10.1. The minimum absolute atomic E-state index is 0.124. The second kappa shape index (κ2) is 7.15. The second-order valence-corrected chi connectivity index (χ2v) is 6.47. The molecule has 3 aromatic rings. The molecule has 0 saturated heterocycles. The van der Waals surface area contributed by atoms with Crippen molar-refractivity contribution in [2.24, 2.45) is 0 Å². The Kier molecular flexibility index (Phi) is 4.95. The van der Waals surface area contributed by atoms with E-state index in [0.717, 1.165) is 29.8 Å². The molecule has 0 atom stereocenters. The number of hydrogen-bond acceptors (Lipinski definition) is 3. The molecule has 1 heterocycles. The van der Waals surface area contributed by atoms with Crippen LogP contribution >= 0.6 is 0 Å². The Morgan fingerprint density at radius 2 is 1.84 bits per heavy atom. The van der Waals surface area contributed by atoms with Gasteiger partial charge in [-0.2, -0.15) is 0 Å². The molecule has 132 valence electrons. The van der Waals surface area contributed by atoms with Crippen LogP contribution in [0, 0.1) is 5.82 Å². The van der Waals surface area contributed by atoms with E-state index in [4.69, 9.17) is 4.74 Å². The average molecular weight is 342 g/mol. The molecule has 2 aromatic carbocycles. The topological polar surface area (TPSA) is 37.6 Å². The second-order valence-electron chi connectivity index (χ2n) is 6.47. The molecule has 0 unspecified atom stereocenters. The summed E-state index contributed by atoms with van der Waals surface area (Å²) < 4.78 is 21.5. The highest BCUT2D eigenvalue weighted by atomic mass is 19.1. The first-order chi connectivity index (χ1) is 12.0. The molecular weight excluding hydrogens is 319 g/mol. The predicted octanol–water partition coefficient (Wildman–Crippen LogP) is 3.65. The number of rotatable bonds is 6. The average Bonchev–Trinajstić information content (AvgIpc) is 2.96. The van der Waals surface area contributed by atoms with Crippen molar-refractivity contribution in [2.45, 2.75) is 13.0 Å². The summed E-state index contributed by atoms with van der Waals surface area (Å²) in [5.41, 5.74) is 2.44. The van der Waals surface area contributed by atoms with E-state index >= 15 is 0 Å². The summed E-state index contributed by atoms with van der Waals surface area (Å²) in [7, 11) is 5.62. The van der Waals surface area contributed by atoms with Gasteiger partial charge in [-0.25, -0.2) is 4.39 Å². The molecule has 0 aliphatic rings. The maximum Gasteiger partial charge on any atom is 0.147 e. The van der Waals surface area contributed by atoms with Crippen LogP contribution in [-0.2, 0) is 13.0 Å². The quantitative estimate of drug-likeness (QED) is 0.743. The fourth-order valence-electron chi connectivity index (χ4n) is 3.06. The lowest BCUT2D eigenvalue weighted by Gasteiger charge is -2.08. The van der Waals surface area contributed by atoms with E-state index in [1.807, 2.05) is 49.1 Å². The zero-order valence-electron chi connectivity index (χ0n) is 14.8. The number of phenols is 1. The van der Waals surface area contributed by atoms with Crippen LogP contribution in [0.2, 0.25) is 0 Å². The van der Waals surface area contributed by atoms with Crippen LogP contribution in [0.1, 0.15) is 11.1 Å². The molecule has 1 aromatic heterocycles. The first-order valence-corrected chi connectivity index (χ1v) is 8.26. The number of methoxy groups -OCH3 is 1. The molecule has 0 bridgehead atoms. The zero-order valence-corrected chi connectivity index (χ0v) is 14.8.